The standard InChI is InChI=1S/C15H13Cl2FN2O/c1-20(2)14-6-4-10(18)8-13(14)19-15(21)9-3-5-11(16)12(17)7-9/h3-8H,1-2H3,(H,19,21). The van der Waals surface area contributed by atoms with E-state index in [9.17, 15) is 9.18 Å². The molecule has 0 atom stereocenters. The van der Waals surface area contributed by atoms with E-state index in [1.807, 2.05) is 14.1 Å². The second-order valence-corrected chi connectivity index (χ2v) is 5.45. The van der Waals surface area contributed by atoms with Crippen LogP contribution in [0.25, 0.3) is 0 Å². The van der Waals surface area contributed by atoms with Crippen LogP contribution in [0.15, 0.2) is 36.4 Å². The number of nitrogens with one attached hydrogen (secondary N) is 1. The molecule has 0 aromatic heterocycles. The summed E-state index contributed by atoms with van der Waals surface area (Å²) in [6.07, 6.45) is 0. The first-order valence-corrected chi connectivity index (χ1v) is 6.87. The molecule has 0 fully saturated rings. The number of rotatable bonds is 3. The molecule has 0 aliphatic rings. The number of benzene rings is 2. The maximum Gasteiger partial charge on any atom is 0.255 e. The van der Waals surface area contributed by atoms with E-state index in [1.54, 1.807) is 17.0 Å². The summed E-state index contributed by atoms with van der Waals surface area (Å²) < 4.78 is 13.4. The second-order valence-electron chi connectivity index (χ2n) is 4.64. The summed E-state index contributed by atoms with van der Waals surface area (Å²) in [5.41, 5.74) is 1.43. The molecule has 0 saturated carbocycles. The molecule has 0 saturated heterocycles. The SMILES string of the molecule is CN(C)c1ccc(F)cc1NC(=O)c1ccc(Cl)c(Cl)c1. The molecule has 0 aliphatic heterocycles. The number of halogens is 3. The van der Waals surface area contributed by atoms with Crippen LogP contribution >= 0.6 is 23.2 Å². The Labute approximate surface area is 132 Å². The fourth-order valence-corrected chi connectivity index (χ4v) is 2.13. The summed E-state index contributed by atoms with van der Waals surface area (Å²) in [4.78, 5) is 14.0. The highest BCUT2D eigenvalue weighted by Gasteiger charge is 2.12. The Morgan fingerprint density at radius 1 is 1.10 bits per heavy atom. The van der Waals surface area contributed by atoms with Gasteiger partial charge < -0.3 is 10.2 Å². The summed E-state index contributed by atoms with van der Waals surface area (Å²) >= 11 is 11.7. The van der Waals surface area contributed by atoms with Gasteiger partial charge in [0, 0.05) is 19.7 Å². The highest BCUT2D eigenvalue weighted by atomic mass is 35.5. The fraction of sp³-hybridized carbons (Fsp3) is 0.133. The maximum absolute atomic E-state index is 13.4. The summed E-state index contributed by atoms with van der Waals surface area (Å²) in [5, 5.41) is 3.33. The Bertz CT molecular complexity index is 689. The van der Waals surface area contributed by atoms with Crippen molar-refractivity contribution in [3.63, 3.8) is 0 Å². The molecule has 0 radical (unpaired) electrons. The zero-order valence-electron chi connectivity index (χ0n) is 11.5. The monoisotopic (exact) mass is 326 g/mol. The zero-order valence-corrected chi connectivity index (χ0v) is 13.0. The van der Waals surface area contributed by atoms with Crippen LogP contribution in [-0.4, -0.2) is 20.0 Å². The number of amides is 1. The van der Waals surface area contributed by atoms with Crippen LogP contribution in [0, 0.1) is 5.82 Å². The molecule has 2 aromatic carbocycles. The highest BCUT2D eigenvalue weighted by molar-refractivity contribution is 6.42. The summed E-state index contributed by atoms with van der Waals surface area (Å²) in [6.45, 7) is 0. The Kier molecular flexibility index (Phi) is 4.70. The van der Waals surface area contributed by atoms with Gasteiger partial charge in [-0.15, -0.1) is 0 Å². The van der Waals surface area contributed by atoms with Gasteiger partial charge in [-0.1, -0.05) is 23.2 Å². The quantitative estimate of drug-likeness (QED) is 0.903. The number of carbonyl (C=O) groups excluding carboxylic acids is 1. The topological polar surface area (TPSA) is 32.3 Å². The number of anilines is 2. The van der Waals surface area contributed by atoms with Crippen molar-refractivity contribution < 1.29 is 9.18 Å². The smallest absolute Gasteiger partial charge is 0.255 e. The molecule has 6 heteroatoms. The number of nitrogens with zero attached hydrogens (tertiary/aromatic N) is 1. The predicted octanol–water partition coefficient (Wildman–Crippen LogP) is 4.45. The molecule has 2 aromatic rings. The van der Waals surface area contributed by atoms with Gasteiger partial charge in [0.25, 0.3) is 5.91 Å². The van der Waals surface area contributed by atoms with E-state index >= 15 is 0 Å². The first kappa shape index (κ1) is 15.6. The van der Waals surface area contributed by atoms with Crippen molar-refractivity contribution >= 4 is 40.5 Å². The van der Waals surface area contributed by atoms with Crippen LogP contribution in [0.4, 0.5) is 15.8 Å². The lowest BCUT2D eigenvalue weighted by atomic mass is 10.2. The van der Waals surface area contributed by atoms with Gasteiger partial charge in [-0.3, -0.25) is 4.79 Å². The van der Waals surface area contributed by atoms with E-state index in [-0.39, 0.29) is 10.9 Å². The van der Waals surface area contributed by atoms with Gasteiger partial charge in [0.1, 0.15) is 5.82 Å². The minimum absolute atomic E-state index is 0.288. The van der Waals surface area contributed by atoms with E-state index < -0.39 is 5.82 Å². The largest absolute Gasteiger partial charge is 0.376 e. The third-order valence-electron chi connectivity index (χ3n) is 2.87. The third kappa shape index (κ3) is 3.65. The second kappa shape index (κ2) is 6.33. The Balaban J connectivity index is 2.30. The van der Waals surface area contributed by atoms with Gasteiger partial charge in [-0.25, -0.2) is 4.39 Å². The average molecular weight is 327 g/mol. The molecule has 0 spiro atoms. The van der Waals surface area contributed by atoms with E-state index in [0.717, 1.165) is 0 Å². The van der Waals surface area contributed by atoms with E-state index in [2.05, 4.69) is 5.32 Å². The fourth-order valence-electron chi connectivity index (χ4n) is 1.83. The van der Waals surface area contributed by atoms with E-state index in [0.29, 0.717) is 22.0 Å². The molecule has 0 bridgehead atoms. The van der Waals surface area contributed by atoms with Crippen LogP contribution in [0.3, 0.4) is 0 Å². The molecule has 110 valence electrons. The number of hydrogen-bond donors (Lipinski definition) is 1. The zero-order chi connectivity index (χ0) is 15.6. The van der Waals surface area contributed by atoms with Crippen LogP contribution in [0.5, 0.6) is 0 Å². The number of carbonyl (C=O) groups is 1. The van der Waals surface area contributed by atoms with Crippen molar-refractivity contribution in [3.05, 3.63) is 57.8 Å². The van der Waals surface area contributed by atoms with Crippen molar-refractivity contribution in [2.24, 2.45) is 0 Å². The molecule has 3 nitrogen and oxygen atoms in total. The average Bonchev–Trinajstić information content (AvgIpc) is 2.41. The van der Waals surface area contributed by atoms with Gasteiger partial charge >= 0.3 is 0 Å². The Morgan fingerprint density at radius 3 is 2.43 bits per heavy atom. The van der Waals surface area contributed by atoms with Crippen LogP contribution < -0.4 is 10.2 Å². The van der Waals surface area contributed by atoms with Crippen molar-refractivity contribution in [2.45, 2.75) is 0 Å². The van der Waals surface area contributed by atoms with Gasteiger partial charge in [-0.2, -0.15) is 0 Å². The van der Waals surface area contributed by atoms with Gasteiger partial charge in [0.05, 0.1) is 21.4 Å². The molecule has 1 N–H and O–H groups in total. The summed E-state index contributed by atoms with van der Waals surface area (Å²) in [6, 6.07) is 8.76. The normalized spacial score (nSPS) is 10.3. The van der Waals surface area contributed by atoms with Crippen molar-refractivity contribution in [1.82, 2.24) is 0 Å². The summed E-state index contributed by atoms with van der Waals surface area (Å²) in [5.74, 6) is -0.813. The molecular formula is C15H13Cl2FN2O. The van der Waals surface area contributed by atoms with Gasteiger partial charge in [0.2, 0.25) is 0 Å². The lowest BCUT2D eigenvalue weighted by Gasteiger charge is -2.18. The predicted molar refractivity (Wildman–Crippen MR) is 85.1 cm³/mol. The van der Waals surface area contributed by atoms with Gasteiger partial charge in [-0.05, 0) is 36.4 Å². The molecule has 0 heterocycles. The van der Waals surface area contributed by atoms with Crippen molar-refractivity contribution in [3.8, 4) is 0 Å². The van der Waals surface area contributed by atoms with E-state index in [4.69, 9.17) is 23.2 Å². The number of hydrogen-bond acceptors (Lipinski definition) is 2. The van der Waals surface area contributed by atoms with Crippen molar-refractivity contribution in [2.75, 3.05) is 24.3 Å². The van der Waals surface area contributed by atoms with Crippen LogP contribution in [-0.2, 0) is 0 Å². The molecule has 0 unspecified atom stereocenters. The van der Waals surface area contributed by atoms with E-state index in [1.165, 1.54) is 24.3 Å². The van der Waals surface area contributed by atoms with Crippen LogP contribution in [0.2, 0.25) is 10.0 Å². The molecular weight excluding hydrogens is 314 g/mol. The Hall–Kier alpha value is -1.78. The van der Waals surface area contributed by atoms with Gasteiger partial charge in [0.15, 0.2) is 0 Å². The minimum atomic E-state index is -0.426. The highest BCUT2D eigenvalue weighted by Crippen LogP contribution is 2.27. The molecule has 21 heavy (non-hydrogen) atoms. The third-order valence-corrected chi connectivity index (χ3v) is 3.61. The molecule has 2 rings (SSSR count). The van der Waals surface area contributed by atoms with Crippen LogP contribution in [0.1, 0.15) is 10.4 Å². The molecule has 1 amide bonds. The first-order chi connectivity index (χ1) is 9.88. The Morgan fingerprint density at radius 2 is 1.81 bits per heavy atom. The van der Waals surface area contributed by atoms with Crippen molar-refractivity contribution in [1.29, 1.82) is 0 Å². The lowest BCUT2D eigenvalue weighted by molar-refractivity contribution is 0.102. The summed E-state index contributed by atoms with van der Waals surface area (Å²) in [7, 11) is 3.62. The lowest BCUT2D eigenvalue weighted by Crippen LogP contribution is -2.17. The maximum atomic E-state index is 13.4. The first-order valence-electron chi connectivity index (χ1n) is 6.12. The molecule has 0 aliphatic carbocycles. The minimum Gasteiger partial charge on any atom is -0.376 e.